The van der Waals surface area contributed by atoms with Gasteiger partial charge in [0.05, 0.1) is 11.5 Å². The van der Waals surface area contributed by atoms with Crippen LogP contribution in [0.15, 0.2) is 9.95 Å². The topological polar surface area (TPSA) is 44.1 Å². The average Bonchev–Trinajstić information content (AvgIpc) is 2.81. The second kappa shape index (κ2) is 6.72. The van der Waals surface area contributed by atoms with Crippen LogP contribution in [0.2, 0.25) is 0 Å². The van der Waals surface area contributed by atoms with E-state index in [0.717, 1.165) is 39.7 Å². The summed E-state index contributed by atoms with van der Waals surface area (Å²) in [6, 6.07) is 0. The summed E-state index contributed by atoms with van der Waals surface area (Å²) in [7, 11) is 0. The molecule has 6 heteroatoms. The molecule has 3 rings (SSSR count). The zero-order valence-electron chi connectivity index (χ0n) is 13.3. The number of thioether (sulfide) groups is 1. The molecule has 1 atom stereocenters. The van der Waals surface area contributed by atoms with Gasteiger partial charge in [0.1, 0.15) is 4.83 Å². The molecule has 0 radical (unpaired) electrons. The van der Waals surface area contributed by atoms with E-state index in [1.165, 1.54) is 17.7 Å². The van der Waals surface area contributed by atoms with Gasteiger partial charge in [-0.25, -0.2) is 4.98 Å². The highest BCUT2D eigenvalue weighted by molar-refractivity contribution is 7.99. The molecule has 120 valence electrons. The normalized spacial score (nSPS) is 19.0. The minimum atomic E-state index is 0.0985. The Labute approximate surface area is 138 Å². The first-order valence-electron chi connectivity index (χ1n) is 7.86. The summed E-state index contributed by atoms with van der Waals surface area (Å²) in [4.78, 5) is 19.6. The van der Waals surface area contributed by atoms with E-state index in [4.69, 9.17) is 9.72 Å². The van der Waals surface area contributed by atoms with Crippen molar-refractivity contribution in [1.29, 1.82) is 0 Å². The van der Waals surface area contributed by atoms with E-state index >= 15 is 0 Å². The molecule has 0 aromatic carbocycles. The lowest BCUT2D eigenvalue weighted by Gasteiger charge is -2.22. The van der Waals surface area contributed by atoms with E-state index in [2.05, 4.69) is 6.92 Å². The van der Waals surface area contributed by atoms with Crippen molar-refractivity contribution in [2.45, 2.75) is 57.8 Å². The van der Waals surface area contributed by atoms with Gasteiger partial charge in [0.2, 0.25) is 0 Å². The highest BCUT2D eigenvalue weighted by Gasteiger charge is 2.19. The number of aryl methyl sites for hydroxylation is 2. The first kappa shape index (κ1) is 16.0. The van der Waals surface area contributed by atoms with Crippen molar-refractivity contribution < 1.29 is 4.74 Å². The van der Waals surface area contributed by atoms with E-state index in [9.17, 15) is 4.79 Å². The van der Waals surface area contributed by atoms with E-state index in [0.29, 0.717) is 12.6 Å². The van der Waals surface area contributed by atoms with Gasteiger partial charge in [-0.15, -0.1) is 11.3 Å². The molecule has 1 saturated heterocycles. The van der Waals surface area contributed by atoms with Crippen molar-refractivity contribution in [3.63, 3.8) is 0 Å². The van der Waals surface area contributed by atoms with Crippen LogP contribution in [0.25, 0.3) is 10.2 Å². The molecule has 0 bridgehead atoms. The third-order valence-corrected chi connectivity index (χ3v) is 6.45. The summed E-state index contributed by atoms with van der Waals surface area (Å²) in [6.45, 7) is 7.59. The number of thiophene rings is 1. The molecule has 4 nitrogen and oxygen atoms in total. The standard InChI is InChI=1S/C16H22N2O2S2/c1-4-18-15(19)13-10(2)11(3)22-14(13)17-16(18)21-9-12-7-5-6-8-20-12/h12H,4-9H2,1-3H3. The summed E-state index contributed by atoms with van der Waals surface area (Å²) >= 11 is 3.27. The van der Waals surface area contributed by atoms with Crippen LogP contribution in [0, 0.1) is 13.8 Å². The Kier molecular flexibility index (Phi) is 4.90. The predicted octanol–water partition coefficient (Wildman–Crippen LogP) is 3.76. The fourth-order valence-electron chi connectivity index (χ4n) is 2.80. The van der Waals surface area contributed by atoms with Crippen LogP contribution in [0.5, 0.6) is 0 Å². The largest absolute Gasteiger partial charge is 0.377 e. The SMILES string of the molecule is CCn1c(SCC2CCCCO2)nc2sc(C)c(C)c2c1=O. The Balaban J connectivity index is 1.92. The zero-order chi connectivity index (χ0) is 15.7. The Bertz CT molecular complexity index is 730. The molecule has 1 aliphatic heterocycles. The number of aromatic nitrogens is 2. The van der Waals surface area contributed by atoms with Gasteiger partial charge in [-0.3, -0.25) is 9.36 Å². The molecule has 1 fully saturated rings. The van der Waals surface area contributed by atoms with Crippen molar-refractivity contribution in [3.8, 4) is 0 Å². The molecule has 2 aromatic rings. The maximum Gasteiger partial charge on any atom is 0.263 e. The summed E-state index contributed by atoms with van der Waals surface area (Å²) in [5.41, 5.74) is 1.17. The van der Waals surface area contributed by atoms with Gasteiger partial charge in [0, 0.05) is 23.8 Å². The van der Waals surface area contributed by atoms with Crippen LogP contribution in [-0.2, 0) is 11.3 Å². The second-order valence-electron chi connectivity index (χ2n) is 5.71. The van der Waals surface area contributed by atoms with E-state index < -0.39 is 0 Å². The third-order valence-electron chi connectivity index (χ3n) is 4.24. The molecular weight excluding hydrogens is 316 g/mol. The van der Waals surface area contributed by atoms with Gasteiger partial charge >= 0.3 is 0 Å². The van der Waals surface area contributed by atoms with Gasteiger partial charge < -0.3 is 4.74 Å². The summed E-state index contributed by atoms with van der Waals surface area (Å²) in [5, 5.41) is 1.62. The number of hydrogen-bond acceptors (Lipinski definition) is 5. The minimum absolute atomic E-state index is 0.0985. The van der Waals surface area contributed by atoms with E-state index in [-0.39, 0.29) is 5.56 Å². The van der Waals surface area contributed by atoms with Crippen molar-refractivity contribution in [2.75, 3.05) is 12.4 Å². The molecule has 2 aromatic heterocycles. The Hall–Kier alpha value is -0.850. The number of hydrogen-bond donors (Lipinski definition) is 0. The highest BCUT2D eigenvalue weighted by Crippen LogP contribution is 2.29. The molecule has 0 amide bonds. The van der Waals surface area contributed by atoms with Crippen LogP contribution in [0.1, 0.15) is 36.6 Å². The first-order chi connectivity index (χ1) is 10.6. The van der Waals surface area contributed by atoms with Gasteiger partial charge in [-0.05, 0) is 45.6 Å². The zero-order valence-corrected chi connectivity index (χ0v) is 15.0. The Morgan fingerprint density at radius 2 is 2.23 bits per heavy atom. The highest BCUT2D eigenvalue weighted by atomic mass is 32.2. The molecule has 0 aliphatic carbocycles. The molecule has 1 aliphatic rings. The predicted molar refractivity (Wildman–Crippen MR) is 93.3 cm³/mol. The molecule has 22 heavy (non-hydrogen) atoms. The van der Waals surface area contributed by atoms with Crippen LogP contribution in [0.4, 0.5) is 0 Å². The summed E-state index contributed by atoms with van der Waals surface area (Å²) in [6.07, 6.45) is 3.81. The molecule has 0 saturated carbocycles. The summed E-state index contributed by atoms with van der Waals surface area (Å²) < 4.78 is 7.58. The quantitative estimate of drug-likeness (QED) is 0.629. The fraction of sp³-hybridized carbons (Fsp3) is 0.625. The maximum absolute atomic E-state index is 12.8. The van der Waals surface area contributed by atoms with Gasteiger partial charge in [0.15, 0.2) is 5.16 Å². The smallest absolute Gasteiger partial charge is 0.263 e. The Morgan fingerprint density at radius 1 is 1.41 bits per heavy atom. The molecule has 0 N–H and O–H groups in total. The third kappa shape index (κ3) is 2.96. The average molecular weight is 338 g/mol. The van der Waals surface area contributed by atoms with Crippen LogP contribution < -0.4 is 5.56 Å². The minimum Gasteiger partial charge on any atom is -0.377 e. The lowest BCUT2D eigenvalue weighted by atomic mass is 10.1. The lowest BCUT2D eigenvalue weighted by Crippen LogP contribution is -2.25. The fourth-order valence-corrected chi connectivity index (χ4v) is 5.00. The lowest BCUT2D eigenvalue weighted by molar-refractivity contribution is 0.0315. The Morgan fingerprint density at radius 3 is 2.91 bits per heavy atom. The second-order valence-corrected chi connectivity index (χ2v) is 7.90. The van der Waals surface area contributed by atoms with Gasteiger partial charge in [-0.2, -0.15) is 0 Å². The molecule has 1 unspecified atom stereocenters. The van der Waals surface area contributed by atoms with Gasteiger partial charge in [-0.1, -0.05) is 11.8 Å². The molecular formula is C16H22N2O2S2. The molecule has 3 heterocycles. The number of fused-ring (bicyclic) bond motifs is 1. The van der Waals surface area contributed by atoms with Crippen LogP contribution in [-0.4, -0.2) is 28.0 Å². The van der Waals surface area contributed by atoms with Crippen molar-refractivity contribution >= 4 is 33.3 Å². The van der Waals surface area contributed by atoms with Crippen molar-refractivity contribution in [2.24, 2.45) is 0 Å². The van der Waals surface area contributed by atoms with E-state index in [1.807, 2.05) is 13.8 Å². The first-order valence-corrected chi connectivity index (χ1v) is 9.67. The number of nitrogens with zero attached hydrogens (tertiary/aromatic N) is 2. The monoisotopic (exact) mass is 338 g/mol. The number of ether oxygens (including phenoxy) is 1. The molecule has 0 spiro atoms. The van der Waals surface area contributed by atoms with Crippen molar-refractivity contribution in [3.05, 3.63) is 20.8 Å². The summed E-state index contributed by atoms with van der Waals surface area (Å²) in [5.74, 6) is 0.876. The maximum atomic E-state index is 12.8. The van der Waals surface area contributed by atoms with E-state index in [1.54, 1.807) is 27.7 Å². The van der Waals surface area contributed by atoms with Gasteiger partial charge in [0.25, 0.3) is 5.56 Å². The number of rotatable bonds is 4. The van der Waals surface area contributed by atoms with Crippen LogP contribution >= 0.6 is 23.1 Å². The van der Waals surface area contributed by atoms with Crippen molar-refractivity contribution in [1.82, 2.24) is 9.55 Å². The van der Waals surface area contributed by atoms with Crippen LogP contribution in [0.3, 0.4) is 0 Å².